The SMILES string of the molecule is COCCn1cnc2c3ccccc3n(C)c2c1=O. The van der Waals surface area contributed by atoms with E-state index in [0.29, 0.717) is 18.7 Å². The molecule has 0 bridgehead atoms. The van der Waals surface area contributed by atoms with E-state index in [1.807, 2.05) is 35.9 Å². The number of para-hydroxylation sites is 1. The van der Waals surface area contributed by atoms with E-state index in [4.69, 9.17) is 4.74 Å². The van der Waals surface area contributed by atoms with Crippen molar-refractivity contribution in [2.45, 2.75) is 6.54 Å². The second-order valence-corrected chi connectivity index (χ2v) is 4.51. The zero-order chi connectivity index (χ0) is 13.4. The smallest absolute Gasteiger partial charge is 0.277 e. The third kappa shape index (κ3) is 1.74. The van der Waals surface area contributed by atoms with Crippen LogP contribution in [-0.2, 0) is 18.3 Å². The van der Waals surface area contributed by atoms with Gasteiger partial charge in [0.15, 0.2) is 0 Å². The van der Waals surface area contributed by atoms with Crippen molar-refractivity contribution >= 4 is 21.9 Å². The maximum absolute atomic E-state index is 12.5. The van der Waals surface area contributed by atoms with Crippen LogP contribution in [0.5, 0.6) is 0 Å². The number of methoxy groups -OCH3 is 1. The van der Waals surface area contributed by atoms with E-state index in [9.17, 15) is 4.79 Å². The van der Waals surface area contributed by atoms with Crippen LogP contribution in [0.4, 0.5) is 0 Å². The number of aryl methyl sites for hydroxylation is 1. The summed E-state index contributed by atoms with van der Waals surface area (Å²) < 4.78 is 8.50. The lowest BCUT2D eigenvalue weighted by Gasteiger charge is -2.04. The molecule has 5 heteroatoms. The largest absolute Gasteiger partial charge is 0.383 e. The molecule has 0 fully saturated rings. The summed E-state index contributed by atoms with van der Waals surface area (Å²) in [6, 6.07) is 7.91. The van der Waals surface area contributed by atoms with Crippen molar-refractivity contribution in [2.24, 2.45) is 7.05 Å². The molecule has 1 aromatic carbocycles. The average Bonchev–Trinajstić information content (AvgIpc) is 2.73. The van der Waals surface area contributed by atoms with Crippen LogP contribution in [0, 0.1) is 0 Å². The lowest BCUT2D eigenvalue weighted by Crippen LogP contribution is -2.23. The Hall–Kier alpha value is -2.14. The first kappa shape index (κ1) is 11.9. The average molecular weight is 257 g/mol. The third-order valence-corrected chi connectivity index (χ3v) is 3.41. The van der Waals surface area contributed by atoms with Crippen LogP contribution in [0.1, 0.15) is 0 Å². The van der Waals surface area contributed by atoms with Crippen LogP contribution in [0.3, 0.4) is 0 Å². The molecule has 98 valence electrons. The molecule has 19 heavy (non-hydrogen) atoms. The van der Waals surface area contributed by atoms with Crippen molar-refractivity contribution in [1.29, 1.82) is 0 Å². The Labute approximate surface area is 110 Å². The Morgan fingerprint density at radius 1 is 1.32 bits per heavy atom. The van der Waals surface area contributed by atoms with Crippen molar-refractivity contribution in [1.82, 2.24) is 14.1 Å². The van der Waals surface area contributed by atoms with Crippen molar-refractivity contribution in [3.63, 3.8) is 0 Å². The van der Waals surface area contributed by atoms with E-state index in [1.165, 1.54) is 0 Å². The molecule has 0 saturated carbocycles. The van der Waals surface area contributed by atoms with Gasteiger partial charge >= 0.3 is 0 Å². The quantitative estimate of drug-likeness (QED) is 0.715. The standard InChI is InChI=1S/C14H15N3O2/c1-16-11-6-4-3-5-10(11)12-13(16)14(18)17(9-15-12)7-8-19-2/h3-6,9H,7-8H2,1-2H3. The van der Waals surface area contributed by atoms with Crippen LogP contribution >= 0.6 is 0 Å². The molecule has 0 aliphatic heterocycles. The van der Waals surface area contributed by atoms with Crippen LogP contribution in [-0.4, -0.2) is 27.8 Å². The van der Waals surface area contributed by atoms with Gasteiger partial charge in [-0.25, -0.2) is 4.98 Å². The van der Waals surface area contributed by atoms with Gasteiger partial charge in [-0.15, -0.1) is 0 Å². The summed E-state index contributed by atoms with van der Waals surface area (Å²) in [6.45, 7) is 1.01. The van der Waals surface area contributed by atoms with Gasteiger partial charge in [0.2, 0.25) is 0 Å². The number of benzene rings is 1. The predicted molar refractivity (Wildman–Crippen MR) is 74.4 cm³/mol. The summed E-state index contributed by atoms with van der Waals surface area (Å²) in [7, 11) is 3.52. The van der Waals surface area contributed by atoms with E-state index in [0.717, 1.165) is 16.4 Å². The zero-order valence-corrected chi connectivity index (χ0v) is 11.0. The molecule has 5 nitrogen and oxygen atoms in total. The lowest BCUT2D eigenvalue weighted by atomic mass is 10.2. The van der Waals surface area contributed by atoms with Gasteiger partial charge in [-0.3, -0.25) is 9.36 Å². The number of fused-ring (bicyclic) bond motifs is 3. The number of nitrogens with zero attached hydrogens (tertiary/aromatic N) is 3. The Bertz CT molecular complexity index is 801. The van der Waals surface area contributed by atoms with Gasteiger partial charge in [-0.05, 0) is 6.07 Å². The highest BCUT2D eigenvalue weighted by Crippen LogP contribution is 2.23. The van der Waals surface area contributed by atoms with Gasteiger partial charge in [-0.2, -0.15) is 0 Å². The molecule has 3 rings (SSSR count). The van der Waals surface area contributed by atoms with E-state index in [1.54, 1.807) is 18.0 Å². The fourth-order valence-electron chi connectivity index (χ4n) is 2.41. The fraction of sp³-hybridized carbons (Fsp3) is 0.286. The van der Waals surface area contributed by atoms with E-state index >= 15 is 0 Å². The Kier molecular flexibility index (Phi) is 2.83. The molecular formula is C14H15N3O2. The van der Waals surface area contributed by atoms with Crippen LogP contribution < -0.4 is 5.56 Å². The summed E-state index contributed by atoms with van der Waals surface area (Å²) in [5.74, 6) is 0. The summed E-state index contributed by atoms with van der Waals surface area (Å²) in [4.78, 5) is 16.9. The van der Waals surface area contributed by atoms with E-state index in [-0.39, 0.29) is 5.56 Å². The maximum Gasteiger partial charge on any atom is 0.277 e. The topological polar surface area (TPSA) is 49.0 Å². The summed E-state index contributed by atoms with van der Waals surface area (Å²) in [6.07, 6.45) is 1.59. The zero-order valence-electron chi connectivity index (χ0n) is 11.0. The molecule has 0 saturated heterocycles. The molecular weight excluding hydrogens is 242 g/mol. The molecule has 0 spiro atoms. The van der Waals surface area contributed by atoms with Crippen LogP contribution in [0.25, 0.3) is 21.9 Å². The highest BCUT2D eigenvalue weighted by Gasteiger charge is 2.13. The minimum absolute atomic E-state index is 0.0271. The Balaban J connectivity index is 2.34. The van der Waals surface area contributed by atoms with Crippen LogP contribution in [0.2, 0.25) is 0 Å². The Morgan fingerprint density at radius 3 is 2.89 bits per heavy atom. The summed E-state index contributed by atoms with van der Waals surface area (Å²) in [5, 5.41) is 1.01. The first-order valence-electron chi connectivity index (χ1n) is 6.15. The normalized spacial score (nSPS) is 11.5. The number of aromatic nitrogens is 3. The highest BCUT2D eigenvalue weighted by molar-refractivity contribution is 6.05. The van der Waals surface area contributed by atoms with Crippen molar-refractivity contribution in [3.05, 3.63) is 40.9 Å². The monoisotopic (exact) mass is 257 g/mol. The highest BCUT2D eigenvalue weighted by atomic mass is 16.5. The summed E-state index contributed by atoms with van der Waals surface area (Å²) >= 11 is 0. The number of rotatable bonds is 3. The molecule has 0 aliphatic carbocycles. The van der Waals surface area contributed by atoms with Gasteiger partial charge < -0.3 is 9.30 Å². The Morgan fingerprint density at radius 2 is 2.11 bits per heavy atom. The third-order valence-electron chi connectivity index (χ3n) is 3.41. The summed E-state index contributed by atoms with van der Waals surface area (Å²) in [5.41, 5.74) is 2.39. The molecule has 0 radical (unpaired) electrons. The van der Waals surface area contributed by atoms with Crippen molar-refractivity contribution in [3.8, 4) is 0 Å². The van der Waals surface area contributed by atoms with E-state index in [2.05, 4.69) is 4.98 Å². The van der Waals surface area contributed by atoms with Crippen LogP contribution in [0.15, 0.2) is 35.4 Å². The number of hydrogen-bond acceptors (Lipinski definition) is 3. The fourth-order valence-corrected chi connectivity index (χ4v) is 2.41. The number of ether oxygens (including phenoxy) is 1. The molecule has 0 unspecified atom stereocenters. The first-order valence-corrected chi connectivity index (χ1v) is 6.15. The second-order valence-electron chi connectivity index (χ2n) is 4.51. The van der Waals surface area contributed by atoms with E-state index < -0.39 is 0 Å². The molecule has 3 aromatic rings. The maximum atomic E-state index is 12.5. The molecule has 0 amide bonds. The lowest BCUT2D eigenvalue weighted by molar-refractivity contribution is 0.186. The molecule has 2 heterocycles. The van der Waals surface area contributed by atoms with Gasteiger partial charge in [0.05, 0.1) is 25.0 Å². The minimum atomic E-state index is -0.0271. The van der Waals surface area contributed by atoms with Gasteiger partial charge in [0.1, 0.15) is 11.0 Å². The van der Waals surface area contributed by atoms with Gasteiger partial charge in [-0.1, -0.05) is 18.2 Å². The molecule has 0 N–H and O–H groups in total. The van der Waals surface area contributed by atoms with Crippen molar-refractivity contribution in [2.75, 3.05) is 13.7 Å². The molecule has 0 aliphatic rings. The van der Waals surface area contributed by atoms with Gasteiger partial charge in [0.25, 0.3) is 5.56 Å². The minimum Gasteiger partial charge on any atom is -0.383 e. The molecule has 0 atom stereocenters. The molecule has 2 aromatic heterocycles. The number of hydrogen-bond donors (Lipinski definition) is 0. The van der Waals surface area contributed by atoms with Crippen molar-refractivity contribution < 1.29 is 4.74 Å². The second kappa shape index (κ2) is 4.51. The predicted octanol–water partition coefficient (Wildman–Crippen LogP) is 1.53. The van der Waals surface area contributed by atoms with Gasteiger partial charge in [0, 0.05) is 19.5 Å². The first-order chi connectivity index (χ1) is 9.24.